The first kappa shape index (κ1) is 9.99. The molecule has 0 aliphatic carbocycles. The molecule has 15 heavy (non-hydrogen) atoms. The minimum absolute atomic E-state index is 0.325. The topological polar surface area (TPSA) is 25.2 Å². The molecule has 1 atom stereocenters. The highest BCUT2D eigenvalue weighted by atomic mass is 16.3. The number of furan rings is 1. The number of hydrogen-bond acceptors (Lipinski definition) is 2. The van der Waals surface area contributed by atoms with Crippen molar-refractivity contribution in [2.24, 2.45) is 0 Å². The van der Waals surface area contributed by atoms with Crippen LogP contribution in [0.25, 0.3) is 11.3 Å². The van der Waals surface area contributed by atoms with Crippen LogP contribution in [0, 0.1) is 0 Å². The number of rotatable bonds is 3. The van der Waals surface area contributed by atoms with Gasteiger partial charge in [0, 0.05) is 11.6 Å². The molecule has 2 rings (SSSR count). The third-order valence-corrected chi connectivity index (χ3v) is 2.65. The van der Waals surface area contributed by atoms with Crippen LogP contribution in [0.5, 0.6) is 0 Å². The monoisotopic (exact) mass is 201 g/mol. The summed E-state index contributed by atoms with van der Waals surface area (Å²) in [6, 6.07) is 12.5. The Morgan fingerprint density at radius 2 is 1.93 bits per heavy atom. The largest absolute Gasteiger partial charge is 0.464 e. The Labute approximate surface area is 89.9 Å². The second kappa shape index (κ2) is 4.32. The van der Waals surface area contributed by atoms with Gasteiger partial charge < -0.3 is 9.73 Å². The van der Waals surface area contributed by atoms with E-state index in [0.717, 1.165) is 11.3 Å². The standard InChI is InChI=1S/C13H15NO/c1-10(14-2)11-6-3-4-7-12(11)13-8-5-9-15-13/h3-10,14H,1-2H3. The van der Waals surface area contributed by atoms with Gasteiger partial charge in [0.1, 0.15) is 5.76 Å². The Morgan fingerprint density at radius 1 is 1.13 bits per heavy atom. The van der Waals surface area contributed by atoms with Gasteiger partial charge in [0.2, 0.25) is 0 Å². The first-order valence-electron chi connectivity index (χ1n) is 5.13. The van der Waals surface area contributed by atoms with Crippen LogP contribution in [0.4, 0.5) is 0 Å². The smallest absolute Gasteiger partial charge is 0.134 e. The van der Waals surface area contributed by atoms with E-state index in [0.29, 0.717) is 6.04 Å². The van der Waals surface area contributed by atoms with E-state index in [1.54, 1.807) is 6.26 Å². The van der Waals surface area contributed by atoms with Crippen LogP contribution in [0.2, 0.25) is 0 Å². The van der Waals surface area contributed by atoms with Crippen molar-refractivity contribution < 1.29 is 4.42 Å². The second-order valence-corrected chi connectivity index (χ2v) is 3.57. The third kappa shape index (κ3) is 1.95. The number of hydrogen-bond donors (Lipinski definition) is 1. The maximum atomic E-state index is 5.43. The van der Waals surface area contributed by atoms with E-state index >= 15 is 0 Å². The van der Waals surface area contributed by atoms with Gasteiger partial charge in [-0.2, -0.15) is 0 Å². The van der Waals surface area contributed by atoms with Crippen LogP contribution < -0.4 is 5.32 Å². The van der Waals surface area contributed by atoms with Crippen molar-refractivity contribution in [1.29, 1.82) is 0 Å². The van der Waals surface area contributed by atoms with Gasteiger partial charge in [-0.25, -0.2) is 0 Å². The van der Waals surface area contributed by atoms with Crippen molar-refractivity contribution in [3.05, 3.63) is 48.2 Å². The SMILES string of the molecule is CNC(C)c1ccccc1-c1ccco1. The summed E-state index contributed by atoms with van der Waals surface area (Å²) in [7, 11) is 1.96. The average molecular weight is 201 g/mol. The van der Waals surface area contributed by atoms with E-state index in [2.05, 4.69) is 30.4 Å². The molecule has 0 bridgehead atoms. The second-order valence-electron chi connectivity index (χ2n) is 3.57. The summed E-state index contributed by atoms with van der Waals surface area (Å²) in [5.41, 5.74) is 2.42. The van der Waals surface area contributed by atoms with E-state index in [4.69, 9.17) is 4.42 Å². The van der Waals surface area contributed by atoms with Crippen LogP contribution in [0.15, 0.2) is 47.1 Å². The number of nitrogens with one attached hydrogen (secondary N) is 1. The first-order valence-corrected chi connectivity index (χ1v) is 5.13. The molecule has 0 aliphatic heterocycles. The lowest BCUT2D eigenvalue weighted by Crippen LogP contribution is -2.13. The molecule has 2 nitrogen and oxygen atoms in total. The van der Waals surface area contributed by atoms with Gasteiger partial charge in [0.05, 0.1) is 6.26 Å². The van der Waals surface area contributed by atoms with Crippen molar-refractivity contribution in [1.82, 2.24) is 5.32 Å². The van der Waals surface area contributed by atoms with Gasteiger partial charge in [0.15, 0.2) is 0 Å². The minimum Gasteiger partial charge on any atom is -0.464 e. The molecule has 78 valence electrons. The van der Waals surface area contributed by atoms with E-state index in [-0.39, 0.29) is 0 Å². The molecular formula is C13H15NO. The van der Waals surface area contributed by atoms with Gasteiger partial charge in [-0.1, -0.05) is 24.3 Å². The maximum Gasteiger partial charge on any atom is 0.134 e. The fourth-order valence-corrected chi connectivity index (χ4v) is 1.69. The lowest BCUT2D eigenvalue weighted by molar-refractivity contribution is 0.578. The molecule has 0 saturated heterocycles. The van der Waals surface area contributed by atoms with Crippen LogP contribution in [-0.2, 0) is 0 Å². The van der Waals surface area contributed by atoms with Gasteiger partial charge in [-0.3, -0.25) is 0 Å². The Hall–Kier alpha value is -1.54. The summed E-state index contributed by atoms with van der Waals surface area (Å²) >= 11 is 0. The zero-order valence-electron chi connectivity index (χ0n) is 9.03. The van der Waals surface area contributed by atoms with Crippen LogP contribution in [0.3, 0.4) is 0 Å². The zero-order chi connectivity index (χ0) is 10.7. The molecule has 1 unspecified atom stereocenters. The Bertz CT molecular complexity index is 420. The Balaban J connectivity index is 2.47. The quantitative estimate of drug-likeness (QED) is 0.824. The maximum absolute atomic E-state index is 5.43. The molecule has 0 saturated carbocycles. The van der Waals surface area contributed by atoms with Gasteiger partial charge in [0.25, 0.3) is 0 Å². The van der Waals surface area contributed by atoms with E-state index in [9.17, 15) is 0 Å². The molecule has 0 fully saturated rings. The van der Waals surface area contributed by atoms with Crippen LogP contribution >= 0.6 is 0 Å². The molecular weight excluding hydrogens is 186 g/mol. The van der Waals surface area contributed by atoms with Crippen molar-refractivity contribution in [2.45, 2.75) is 13.0 Å². The number of benzene rings is 1. The summed E-state index contributed by atoms with van der Waals surface area (Å²) in [6.45, 7) is 2.14. The minimum atomic E-state index is 0.325. The van der Waals surface area contributed by atoms with Crippen LogP contribution in [0.1, 0.15) is 18.5 Å². The Morgan fingerprint density at radius 3 is 2.60 bits per heavy atom. The molecule has 2 aromatic rings. The van der Waals surface area contributed by atoms with Crippen molar-refractivity contribution >= 4 is 0 Å². The first-order chi connectivity index (χ1) is 7.33. The molecule has 0 aliphatic rings. The average Bonchev–Trinajstić information content (AvgIpc) is 2.81. The normalized spacial score (nSPS) is 12.7. The lowest BCUT2D eigenvalue weighted by Gasteiger charge is -2.14. The molecule has 1 N–H and O–H groups in total. The predicted molar refractivity (Wildman–Crippen MR) is 61.6 cm³/mol. The predicted octanol–water partition coefficient (Wildman–Crippen LogP) is 3.23. The molecule has 1 aromatic heterocycles. The van der Waals surface area contributed by atoms with E-state index < -0.39 is 0 Å². The fraction of sp³-hybridized carbons (Fsp3) is 0.231. The Kier molecular flexibility index (Phi) is 2.88. The van der Waals surface area contributed by atoms with E-state index in [1.165, 1.54) is 5.56 Å². The molecule has 1 heterocycles. The summed E-state index contributed by atoms with van der Waals surface area (Å²) in [6.07, 6.45) is 1.70. The molecule has 2 heteroatoms. The highest BCUT2D eigenvalue weighted by Gasteiger charge is 2.10. The van der Waals surface area contributed by atoms with E-state index in [1.807, 2.05) is 25.2 Å². The van der Waals surface area contributed by atoms with Gasteiger partial charge >= 0.3 is 0 Å². The fourth-order valence-electron chi connectivity index (χ4n) is 1.69. The van der Waals surface area contributed by atoms with Crippen molar-refractivity contribution in [2.75, 3.05) is 7.05 Å². The highest BCUT2D eigenvalue weighted by molar-refractivity contribution is 5.62. The summed E-state index contributed by atoms with van der Waals surface area (Å²) < 4.78 is 5.43. The highest BCUT2D eigenvalue weighted by Crippen LogP contribution is 2.27. The molecule has 0 amide bonds. The molecule has 0 radical (unpaired) electrons. The van der Waals surface area contributed by atoms with Crippen molar-refractivity contribution in [3.8, 4) is 11.3 Å². The third-order valence-electron chi connectivity index (χ3n) is 2.65. The molecule has 0 spiro atoms. The summed E-state index contributed by atoms with van der Waals surface area (Å²) in [5, 5.41) is 3.24. The van der Waals surface area contributed by atoms with Gasteiger partial charge in [-0.15, -0.1) is 0 Å². The van der Waals surface area contributed by atoms with Gasteiger partial charge in [-0.05, 0) is 31.7 Å². The summed E-state index contributed by atoms with van der Waals surface area (Å²) in [5.74, 6) is 0.924. The zero-order valence-corrected chi connectivity index (χ0v) is 9.03. The summed E-state index contributed by atoms with van der Waals surface area (Å²) in [4.78, 5) is 0. The molecule has 1 aromatic carbocycles. The van der Waals surface area contributed by atoms with Crippen LogP contribution in [-0.4, -0.2) is 7.05 Å². The lowest BCUT2D eigenvalue weighted by atomic mass is 10.00. The van der Waals surface area contributed by atoms with Crippen molar-refractivity contribution in [3.63, 3.8) is 0 Å².